The fourth-order valence-corrected chi connectivity index (χ4v) is 9.40. The van der Waals surface area contributed by atoms with Gasteiger partial charge in [0.1, 0.15) is 11.2 Å². The highest BCUT2D eigenvalue weighted by Crippen LogP contribution is 2.44. The Bertz CT molecular complexity index is 3610. The minimum atomic E-state index is 0.880. The molecule has 0 fully saturated rings. The Kier molecular flexibility index (Phi) is 8.53. The van der Waals surface area contributed by atoms with Crippen molar-refractivity contribution in [3.05, 3.63) is 237 Å². The number of hydrogen-bond acceptors (Lipinski definition) is 2. The first-order chi connectivity index (χ1) is 30.7. The maximum absolute atomic E-state index is 6.68. The van der Waals surface area contributed by atoms with Crippen LogP contribution in [-0.4, -0.2) is 0 Å². The van der Waals surface area contributed by atoms with E-state index in [0.717, 1.165) is 55.5 Å². The molecule has 1 aromatic heterocycles. The minimum absolute atomic E-state index is 0.880. The summed E-state index contributed by atoms with van der Waals surface area (Å²) >= 11 is 0. The van der Waals surface area contributed by atoms with E-state index in [1.807, 2.05) is 0 Å². The molecule has 1 heterocycles. The lowest BCUT2D eigenvalue weighted by Gasteiger charge is -2.28. The second-order valence-corrected chi connectivity index (χ2v) is 16.1. The maximum atomic E-state index is 6.68. The minimum Gasteiger partial charge on any atom is -0.455 e. The molecule has 11 aromatic carbocycles. The Labute approximate surface area is 360 Å². The van der Waals surface area contributed by atoms with Crippen LogP contribution in [0.1, 0.15) is 0 Å². The zero-order chi connectivity index (χ0) is 41.0. The Hall–Kier alpha value is -8.20. The van der Waals surface area contributed by atoms with Crippen LogP contribution in [0.15, 0.2) is 241 Å². The van der Waals surface area contributed by atoms with Gasteiger partial charge in [-0.1, -0.05) is 188 Å². The summed E-state index contributed by atoms with van der Waals surface area (Å²) < 4.78 is 6.68. The Balaban J connectivity index is 0.953. The summed E-state index contributed by atoms with van der Waals surface area (Å²) in [5.41, 5.74) is 14.5. The fourth-order valence-electron chi connectivity index (χ4n) is 9.40. The summed E-state index contributed by atoms with van der Waals surface area (Å²) in [5.74, 6) is 0. The van der Waals surface area contributed by atoms with Gasteiger partial charge in [0.25, 0.3) is 0 Å². The average Bonchev–Trinajstić information content (AvgIpc) is 3.73. The van der Waals surface area contributed by atoms with Gasteiger partial charge in [-0.05, 0) is 114 Å². The lowest BCUT2D eigenvalue weighted by atomic mass is 9.96. The third-order valence-corrected chi connectivity index (χ3v) is 12.5. The normalized spacial score (nSPS) is 11.5. The third-order valence-electron chi connectivity index (χ3n) is 12.5. The van der Waals surface area contributed by atoms with Crippen LogP contribution in [0.2, 0.25) is 0 Å². The second kappa shape index (κ2) is 14.8. The van der Waals surface area contributed by atoms with Gasteiger partial charge in [0.2, 0.25) is 0 Å². The fraction of sp³-hybridized carbons (Fsp3) is 0. The molecule has 0 atom stereocenters. The molecular weight excluding hydrogens is 751 g/mol. The molecule has 12 aromatic rings. The van der Waals surface area contributed by atoms with Crippen molar-refractivity contribution in [2.45, 2.75) is 0 Å². The van der Waals surface area contributed by atoms with Gasteiger partial charge in [-0.25, -0.2) is 0 Å². The topological polar surface area (TPSA) is 16.4 Å². The van der Waals surface area contributed by atoms with Crippen molar-refractivity contribution in [1.29, 1.82) is 0 Å². The van der Waals surface area contributed by atoms with Crippen LogP contribution in [0.25, 0.3) is 98.8 Å². The van der Waals surface area contributed by atoms with Crippen LogP contribution in [0.4, 0.5) is 17.1 Å². The van der Waals surface area contributed by atoms with E-state index < -0.39 is 0 Å². The molecule has 290 valence electrons. The van der Waals surface area contributed by atoms with Crippen LogP contribution < -0.4 is 4.90 Å². The number of fused-ring (bicyclic) bond motifs is 7. The van der Waals surface area contributed by atoms with E-state index >= 15 is 0 Å². The zero-order valence-electron chi connectivity index (χ0n) is 33.9. The average molecular weight is 790 g/mol. The van der Waals surface area contributed by atoms with Crippen molar-refractivity contribution >= 4 is 71.3 Å². The van der Waals surface area contributed by atoms with Gasteiger partial charge in [-0.15, -0.1) is 0 Å². The molecule has 2 heteroatoms. The molecule has 0 radical (unpaired) electrons. The molecule has 0 spiro atoms. The molecule has 2 nitrogen and oxygen atoms in total. The SMILES string of the molecule is c1ccc(N(c2ccc(-c3ccc(-c4cccc5ccccc45)cc3)cc2)c2ccc(-c3cccc4ccccc34)cc2)c(-c2ccc3c(c2)oc2c4ccccc4ccc32)c1. The van der Waals surface area contributed by atoms with E-state index in [0.29, 0.717) is 0 Å². The second-order valence-electron chi connectivity index (χ2n) is 16.1. The molecule has 0 amide bonds. The summed E-state index contributed by atoms with van der Waals surface area (Å²) in [6.07, 6.45) is 0. The number of nitrogens with zero attached hydrogens (tertiary/aromatic N) is 1. The summed E-state index contributed by atoms with van der Waals surface area (Å²) in [4.78, 5) is 2.38. The van der Waals surface area contributed by atoms with Crippen molar-refractivity contribution in [1.82, 2.24) is 0 Å². The smallest absolute Gasteiger partial charge is 0.143 e. The number of hydrogen-bond donors (Lipinski definition) is 0. The van der Waals surface area contributed by atoms with Crippen molar-refractivity contribution in [2.24, 2.45) is 0 Å². The van der Waals surface area contributed by atoms with Crippen LogP contribution in [0.5, 0.6) is 0 Å². The molecule has 0 saturated heterocycles. The summed E-state index contributed by atoms with van der Waals surface area (Å²) in [6.45, 7) is 0. The number of furan rings is 1. The van der Waals surface area contributed by atoms with Gasteiger partial charge >= 0.3 is 0 Å². The summed E-state index contributed by atoms with van der Waals surface area (Å²) in [6, 6.07) is 85.4. The predicted octanol–water partition coefficient (Wildman–Crippen LogP) is 17.2. The van der Waals surface area contributed by atoms with Gasteiger partial charge in [0.15, 0.2) is 0 Å². The van der Waals surface area contributed by atoms with Crippen LogP contribution in [0.3, 0.4) is 0 Å². The highest BCUT2D eigenvalue weighted by atomic mass is 16.3. The van der Waals surface area contributed by atoms with E-state index in [1.54, 1.807) is 0 Å². The number of para-hydroxylation sites is 1. The molecule has 0 saturated carbocycles. The van der Waals surface area contributed by atoms with Crippen molar-refractivity contribution in [3.63, 3.8) is 0 Å². The Morgan fingerprint density at radius 2 is 0.710 bits per heavy atom. The molecule has 0 unspecified atom stereocenters. The van der Waals surface area contributed by atoms with Gasteiger partial charge in [0.05, 0.1) is 5.69 Å². The van der Waals surface area contributed by atoms with Crippen molar-refractivity contribution in [2.75, 3.05) is 4.90 Å². The van der Waals surface area contributed by atoms with Crippen LogP contribution >= 0.6 is 0 Å². The summed E-state index contributed by atoms with van der Waals surface area (Å²) in [7, 11) is 0. The van der Waals surface area contributed by atoms with Gasteiger partial charge in [-0.2, -0.15) is 0 Å². The lowest BCUT2D eigenvalue weighted by Crippen LogP contribution is -2.11. The Morgan fingerprint density at radius 3 is 1.34 bits per heavy atom. The largest absolute Gasteiger partial charge is 0.455 e. The molecule has 0 aliphatic rings. The monoisotopic (exact) mass is 789 g/mol. The van der Waals surface area contributed by atoms with Crippen molar-refractivity contribution < 1.29 is 4.42 Å². The van der Waals surface area contributed by atoms with Crippen LogP contribution in [0, 0.1) is 0 Å². The lowest BCUT2D eigenvalue weighted by molar-refractivity contribution is 0.673. The first-order valence-electron chi connectivity index (χ1n) is 21.2. The highest BCUT2D eigenvalue weighted by Gasteiger charge is 2.19. The summed E-state index contributed by atoms with van der Waals surface area (Å²) in [5, 5.41) is 9.57. The van der Waals surface area contributed by atoms with Crippen LogP contribution in [-0.2, 0) is 0 Å². The Morgan fingerprint density at radius 1 is 0.274 bits per heavy atom. The predicted molar refractivity (Wildman–Crippen MR) is 263 cm³/mol. The van der Waals surface area contributed by atoms with Gasteiger partial charge in [-0.3, -0.25) is 0 Å². The van der Waals surface area contributed by atoms with E-state index in [9.17, 15) is 0 Å². The first-order valence-corrected chi connectivity index (χ1v) is 21.2. The van der Waals surface area contributed by atoms with E-state index in [2.05, 4.69) is 241 Å². The van der Waals surface area contributed by atoms with E-state index in [-0.39, 0.29) is 0 Å². The highest BCUT2D eigenvalue weighted by molar-refractivity contribution is 6.15. The van der Waals surface area contributed by atoms with Gasteiger partial charge in [0, 0.05) is 33.1 Å². The number of benzene rings is 11. The number of rotatable bonds is 7. The van der Waals surface area contributed by atoms with Crippen molar-refractivity contribution in [3.8, 4) is 44.5 Å². The van der Waals surface area contributed by atoms with E-state index in [4.69, 9.17) is 4.42 Å². The molecule has 0 N–H and O–H groups in total. The van der Waals surface area contributed by atoms with Gasteiger partial charge < -0.3 is 9.32 Å². The third kappa shape index (κ3) is 6.12. The van der Waals surface area contributed by atoms with E-state index in [1.165, 1.54) is 60.3 Å². The zero-order valence-corrected chi connectivity index (χ0v) is 33.9. The molecule has 12 rings (SSSR count). The molecule has 62 heavy (non-hydrogen) atoms. The molecule has 0 aliphatic carbocycles. The number of anilines is 3. The first kappa shape index (κ1) is 35.7. The maximum Gasteiger partial charge on any atom is 0.143 e. The quantitative estimate of drug-likeness (QED) is 0.160. The molecular formula is C60H39NO. The standard InChI is InChI=1S/C60H39NO/c1-4-16-50-42(11-1)14-9-20-52(50)45-25-23-40(24-26-45)41-27-33-48(34-28-41)61(49-35-29-46(30-36-49)53-21-10-15-43-12-2-5-17-51(43)53)58-22-8-7-18-54(58)47-32-37-56-57-38-31-44-13-3-6-19-55(44)60(57)62-59(56)39-47/h1-39H. The molecule has 0 bridgehead atoms. The molecule has 0 aliphatic heterocycles.